The van der Waals surface area contributed by atoms with Gasteiger partial charge in [-0.05, 0) is 25.0 Å². The van der Waals surface area contributed by atoms with E-state index in [0.29, 0.717) is 6.67 Å². The van der Waals surface area contributed by atoms with E-state index in [1.54, 1.807) is 14.2 Å². The zero-order valence-corrected chi connectivity index (χ0v) is 11.1. The molecule has 1 aromatic rings. The molecule has 0 saturated heterocycles. The number of rotatable bonds is 5. The lowest BCUT2D eigenvalue weighted by atomic mass is 10.1. The summed E-state index contributed by atoms with van der Waals surface area (Å²) in [4.78, 5) is 1.97. The fourth-order valence-corrected chi connectivity index (χ4v) is 1.82. The predicted molar refractivity (Wildman–Crippen MR) is 69.6 cm³/mol. The molecule has 3 N–H and O–H groups in total. The standard InChI is InChI=1S/C12H21N3O2/c1-8-9(2)12(17-5)10(6-11(8)16-4)15(3)7-14-13/h6,14H,7,13H2,1-5H3. The average molecular weight is 239 g/mol. The molecule has 5 nitrogen and oxygen atoms in total. The molecular formula is C12H21N3O2. The topological polar surface area (TPSA) is 59.8 Å². The Labute approximate surface area is 102 Å². The van der Waals surface area contributed by atoms with Gasteiger partial charge in [-0.2, -0.15) is 0 Å². The van der Waals surface area contributed by atoms with Crippen LogP contribution in [0.3, 0.4) is 0 Å². The zero-order chi connectivity index (χ0) is 13.0. The predicted octanol–water partition coefficient (Wildman–Crippen LogP) is 1.18. The van der Waals surface area contributed by atoms with Crippen molar-refractivity contribution in [3.8, 4) is 11.5 Å². The lowest BCUT2D eigenvalue weighted by Crippen LogP contribution is -2.35. The normalized spacial score (nSPS) is 10.2. The smallest absolute Gasteiger partial charge is 0.145 e. The highest BCUT2D eigenvalue weighted by Gasteiger charge is 2.16. The van der Waals surface area contributed by atoms with Gasteiger partial charge in [-0.3, -0.25) is 5.84 Å². The molecule has 0 saturated carbocycles. The van der Waals surface area contributed by atoms with Gasteiger partial charge < -0.3 is 14.4 Å². The van der Waals surface area contributed by atoms with Crippen LogP contribution in [0.1, 0.15) is 11.1 Å². The summed E-state index contributed by atoms with van der Waals surface area (Å²) in [5, 5.41) is 0. The molecule has 0 radical (unpaired) electrons. The summed E-state index contributed by atoms with van der Waals surface area (Å²) in [6.45, 7) is 4.56. The SMILES string of the molecule is COc1cc(N(C)CNN)c(OC)c(C)c1C. The Hall–Kier alpha value is -1.46. The molecule has 0 aliphatic rings. The number of nitrogens with one attached hydrogen (secondary N) is 1. The molecular weight excluding hydrogens is 218 g/mol. The first-order chi connectivity index (χ1) is 8.06. The Bertz CT molecular complexity index is 394. The summed E-state index contributed by atoms with van der Waals surface area (Å²) in [5.41, 5.74) is 5.73. The molecule has 0 spiro atoms. The second kappa shape index (κ2) is 5.75. The Balaban J connectivity index is 3.31. The monoisotopic (exact) mass is 239 g/mol. The van der Waals surface area contributed by atoms with E-state index >= 15 is 0 Å². The number of ether oxygens (including phenoxy) is 2. The second-order valence-electron chi connectivity index (χ2n) is 3.94. The van der Waals surface area contributed by atoms with Gasteiger partial charge >= 0.3 is 0 Å². The molecule has 17 heavy (non-hydrogen) atoms. The number of hydrogen-bond donors (Lipinski definition) is 2. The first kappa shape index (κ1) is 13.6. The van der Waals surface area contributed by atoms with Crippen LogP contribution in [0.15, 0.2) is 6.07 Å². The fraction of sp³-hybridized carbons (Fsp3) is 0.500. The average Bonchev–Trinajstić information content (AvgIpc) is 2.32. The second-order valence-corrected chi connectivity index (χ2v) is 3.94. The highest BCUT2D eigenvalue weighted by atomic mass is 16.5. The van der Waals surface area contributed by atoms with Crippen LogP contribution in [-0.4, -0.2) is 27.9 Å². The van der Waals surface area contributed by atoms with Crippen LogP contribution in [-0.2, 0) is 0 Å². The molecule has 0 bridgehead atoms. The first-order valence-corrected chi connectivity index (χ1v) is 5.43. The van der Waals surface area contributed by atoms with Gasteiger partial charge in [0, 0.05) is 13.1 Å². The van der Waals surface area contributed by atoms with Crippen LogP contribution in [0.2, 0.25) is 0 Å². The van der Waals surface area contributed by atoms with Crippen molar-refractivity contribution in [1.82, 2.24) is 5.43 Å². The number of nitrogens with two attached hydrogens (primary N) is 1. The molecule has 0 atom stereocenters. The molecule has 0 fully saturated rings. The Morgan fingerprint density at radius 2 is 1.88 bits per heavy atom. The number of hydrazine groups is 1. The number of benzene rings is 1. The molecule has 0 aliphatic carbocycles. The maximum atomic E-state index is 5.46. The number of anilines is 1. The van der Waals surface area contributed by atoms with E-state index in [0.717, 1.165) is 28.3 Å². The third kappa shape index (κ3) is 2.62. The van der Waals surface area contributed by atoms with E-state index in [-0.39, 0.29) is 0 Å². The van der Waals surface area contributed by atoms with Crippen molar-refractivity contribution in [2.45, 2.75) is 13.8 Å². The lowest BCUT2D eigenvalue weighted by molar-refractivity contribution is 0.397. The van der Waals surface area contributed by atoms with Crippen molar-refractivity contribution in [1.29, 1.82) is 0 Å². The van der Waals surface area contributed by atoms with E-state index in [1.165, 1.54) is 0 Å². The maximum absolute atomic E-state index is 5.46. The van der Waals surface area contributed by atoms with Crippen LogP contribution in [0.4, 0.5) is 5.69 Å². The largest absolute Gasteiger partial charge is 0.496 e. The summed E-state index contributed by atoms with van der Waals surface area (Å²) in [6, 6.07) is 1.96. The van der Waals surface area contributed by atoms with Crippen molar-refractivity contribution >= 4 is 5.69 Å². The minimum absolute atomic E-state index is 0.530. The minimum atomic E-state index is 0.530. The summed E-state index contributed by atoms with van der Waals surface area (Å²) in [7, 11) is 5.27. The van der Waals surface area contributed by atoms with Gasteiger partial charge in [0.25, 0.3) is 0 Å². The molecule has 5 heteroatoms. The van der Waals surface area contributed by atoms with Crippen molar-refractivity contribution in [2.24, 2.45) is 5.84 Å². The quantitative estimate of drug-likeness (QED) is 0.459. The third-order valence-corrected chi connectivity index (χ3v) is 2.94. The van der Waals surface area contributed by atoms with E-state index in [4.69, 9.17) is 15.3 Å². The maximum Gasteiger partial charge on any atom is 0.145 e. The molecule has 0 aliphatic heterocycles. The molecule has 0 heterocycles. The molecule has 1 rings (SSSR count). The van der Waals surface area contributed by atoms with E-state index in [1.807, 2.05) is 31.9 Å². The number of methoxy groups -OCH3 is 2. The van der Waals surface area contributed by atoms with Gasteiger partial charge in [-0.25, -0.2) is 5.43 Å². The first-order valence-electron chi connectivity index (χ1n) is 5.43. The van der Waals surface area contributed by atoms with Gasteiger partial charge in [0.05, 0.1) is 26.6 Å². The third-order valence-electron chi connectivity index (χ3n) is 2.94. The highest BCUT2D eigenvalue weighted by Crippen LogP contribution is 2.38. The van der Waals surface area contributed by atoms with Crippen molar-refractivity contribution < 1.29 is 9.47 Å². The van der Waals surface area contributed by atoms with Crippen LogP contribution >= 0.6 is 0 Å². The molecule has 96 valence electrons. The van der Waals surface area contributed by atoms with Crippen molar-refractivity contribution in [2.75, 3.05) is 32.8 Å². The van der Waals surface area contributed by atoms with Crippen LogP contribution in [0.5, 0.6) is 11.5 Å². The van der Waals surface area contributed by atoms with E-state index in [2.05, 4.69) is 5.43 Å². The summed E-state index contributed by atoms with van der Waals surface area (Å²) < 4.78 is 10.8. The van der Waals surface area contributed by atoms with Gasteiger partial charge in [0.15, 0.2) is 0 Å². The molecule has 0 amide bonds. The minimum Gasteiger partial charge on any atom is -0.496 e. The molecule has 0 aromatic heterocycles. The summed E-state index contributed by atoms with van der Waals surface area (Å²) >= 11 is 0. The molecule has 1 aromatic carbocycles. The number of nitrogens with zero attached hydrogens (tertiary/aromatic N) is 1. The summed E-state index contributed by atoms with van der Waals surface area (Å²) in [5.74, 6) is 7.03. The van der Waals surface area contributed by atoms with Gasteiger partial charge in [-0.15, -0.1) is 0 Å². The Morgan fingerprint density at radius 3 is 2.35 bits per heavy atom. The Morgan fingerprint density at radius 1 is 1.24 bits per heavy atom. The van der Waals surface area contributed by atoms with Gasteiger partial charge in [0.2, 0.25) is 0 Å². The van der Waals surface area contributed by atoms with Gasteiger partial charge in [-0.1, -0.05) is 0 Å². The summed E-state index contributed by atoms with van der Waals surface area (Å²) in [6.07, 6.45) is 0. The molecule has 0 unspecified atom stereocenters. The Kier molecular flexibility index (Phi) is 4.60. The highest BCUT2D eigenvalue weighted by molar-refractivity contribution is 5.67. The van der Waals surface area contributed by atoms with Crippen molar-refractivity contribution in [3.05, 3.63) is 17.2 Å². The zero-order valence-electron chi connectivity index (χ0n) is 11.1. The van der Waals surface area contributed by atoms with Crippen LogP contribution in [0.25, 0.3) is 0 Å². The van der Waals surface area contributed by atoms with Gasteiger partial charge in [0.1, 0.15) is 11.5 Å². The lowest BCUT2D eigenvalue weighted by Gasteiger charge is -2.24. The van der Waals surface area contributed by atoms with Crippen LogP contribution < -0.4 is 25.6 Å². The number of hydrogen-bond acceptors (Lipinski definition) is 5. The van der Waals surface area contributed by atoms with Crippen LogP contribution in [0, 0.1) is 13.8 Å². The van der Waals surface area contributed by atoms with E-state index in [9.17, 15) is 0 Å². The van der Waals surface area contributed by atoms with E-state index < -0.39 is 0 Å². The fourth-order valence-electron chi connectivity index (χ4n) is 1.82. The van der Waals surface area contributed by atoms with Crippen molar-refractivity contribution in [3.63, 3.8) is 0 Å².